The Bertz CT molecular complexity index is 633. The van der Waals surface area contributed by atoms with Crippen LogP contribution in [0.3, 0.4) is 0 Å². The molecule has 1 aromatic carbocycles. The first-order valence-corrected chi connectivity index (χ1v) is 9.59. The van der Waals surface area contributed by atoms with Crippen molar-refractivity contribution in [2.75, 3.05) is 19.6 Å². The summed E-state index contributed by atoms with van der Waals surface area (Å²) in [5, 5.41) is 3.62. The van der Waals surface area contributed by atoms with Gasteiger partial charge in [-0.25, -0.2) is 0 Å². The summed E-state index contributed by atoms with van der Waals surface area (Å²) in [5.41, 5.74) is 1.02. The van der Waals surface area contributed by atoms with E-state index in [-0.39, 0.29) is 17.9 Å². The largest absolute Gasteiger partial charge is 0.339 e. The summed E-state index contributed by atoms with van der Waals surface area (Å²) in [7, 11) is 0. The van der Waals surface area contributed by atoms with Gasteiger partial charge in [0.2, 0.25) is 11.8 Å². The minimum Gasteiger partial charge on any atom is -0.339 e. The molecule has 2 amide bonds. The molecule has 0 aliphatic carbocycles. The molecule has 3 aliphatic rings. The van der Waals surface area contributed by atoms with Crippen LogP contribution in [0.2, 0.25) is 0 Å². The zero-order valence-electron chi connectivity index (χ0n) is 14.7. The van der Waals surface area contributed by atoms with Gasteiger partial charge in [0.15, 0.2) is 0 Å². The van der Waals surface area contributed by atoms with Gasteiger partial charge in [0, 0.05) is 31.7 Å². The number of benzene rings is 1. The predicted octanol–water partition coefficient (Wildman–Crippen LogP) is 1.57. The lowest BCUT2D eigenvalue weighted by molar-refractivity contribution is -0.143. The van der Waals surface area contributed by atoms with Gasteiger partial charge >= 0.3 is 0 Å². The Morgan fingerprint density at radius 2 is 1.80 bits per heavy atom. The van der Waals surface area contributed by atoms with Crippen molar-refractivity contribution >= 4 is 11.8 Å². The zero-order chi connectivity index (χ0) is 17.2. The summed E-state index contributed by atoms with van der Waals surface area (Å²) in [6.07, 6.45) is 5.55. The Labute approximate surface area is 149 Å². The van der Waals surface area contributed by atoms with E-state index in [0.29, 0.717) is 25.0 Å². The van der Waals surface area contributed by atoms with Gasteiger partial charge in [-0.05, 0) is 37.7 Å². The second-order valence-corrected chi connectivity index (χ2v) is 7.62. The molecule has 2 bridgehead atoms. The highest BCUT2D eigenvalue weighted by Gasteiger charge is 2.39. The Balaban J connectivity index is 1.42. The normalized spacial score (nSPS) is 28.9. The lowest BCUT2D eigenvalue weighted by Crippen LogP contribution is -2.50. The quantitative estimate of drug-likeness (QED) is 0.908. The van der Waals surface area contributed by atoms with Crippen molar-refractivity contribution in [1.29, 1.82) is 0 Å². The molecule has 0 spiro atoms. The number of hydrogen-bond acceptors (Lipinski definition) is 3. The highest BCUT2D eigenvalue weighted by molar-refractivity contribution is 5.89. The maximum absolute atomic E-state index is 13.1. The predicted molar refractivity (Wildman–Crippen MR) is 96.0 cm³/mol. The first-order chi connectivity index (χ1) is 12.2. The number of nitrogens with zero attached hydrogens (tertiary/aromatic N) is 2. The zero-order valence-corrected chi connectivity index (χ0v) is 14.7. The number of carbonyl (C=O) groups excluding carboxylic acids is 2. The molecular formula is C20H27N3O2. The molecule has 134 valence electrons. The van der Waals surface area contributed by atoms with E-state index in [2.05, 4.69) is 5.32 Å². The fourth-order valence-corrected chi connectivity index (χ4v) is 4.55. The third-order valence-electron chi connectivity index (χ3n) is 5.89. The third-order valence-corrected chi connectivity index (χ3v) is 5.89. The molecule has 3 unspecified atom stereocenters. The van der Waals surface area contributed by atoms with Crippen molar-refractivity contribution in [3.8, 4) is 0 Å². The third kappa shape index (κ3) is 3.56. The Hall–Kier alpha value is -1.88. The molecular weight excluding hydrogens is 314 g/mol. The summed E-state index contributed by atoms with van der Waals surface area (Å²) < 4.78 is 0. The fraction of sp³-hybridized carbons (Fsp3) is 0.600. The molecule has 5 heteroatoms. The van der Waals surface area contributed by atoms with E-state index in [9.17, 15) is 9.59 Å². The highest BCUT2D eigenvalue weighted by Crippen LogP contribution is 2.25. The van der Waals surface area contributed by atoms with Crippen LogP contribution >= 0.6 is 0 Å². The van der Waals surface area contributed by atoms with E-state index in [0.717, 1.165) is 44.3 Å². The van der Waals surface area contributed by atoms with Gasteiger partial charge < -0.3 is 15.1 Å². The van der Waals surface area contributed by atoms with Gasteiger partial charge in [-0.1, -0.05) is 30.3 Å². The lowest BCUT2D eigenvalue weighted by atomic mass is 10.1. The Morgan fingerprint density at radius 1 is 1.00 bits per heavy atom. The number of amides is 2. The number of rotatable bonds is 3. The second-order valence-electron chi connectivity index (χ2n) is 7.62. The number of carbonyl (C=O) groups is 2. The number of likely N-dealkylation sites (tertiary alicyclic amines) is 2. The Morgan fingerprint density at radius 3 is 2.64 bits per heavy atom. The monoisotopic (exact) mass is 341 g/mol. The maximum atomic E-state index is 13.1. The molecule has 25 heavy (non-hydrogen) atoms. The van der Waals surface area contributed by atoms with Gasteiger partial charge in [0.05, 0.1) is 6.42 Å². The first-order valence-electron chi connectivity index (χ1n) is 9.59. The van der Waals surface area contributed by atoms with E-state index < -0.39 is 0 Å². The molecule has 0 radical (unpaired) electrons. The van der Waals surface area contributed by atoms with Crippen LogP contribution in [0.1, 0.15) is 37.7 Å². The molecule has 3 atom stereocenters. The van der Waals surface area contributed by atoms with Crippen molar-refractivity contribution in [2.24, 2.45) is 0 Å². The molecule has 1 N–H and O–H groups in total. The minimum atomic E-state index is -0.257. The van der Waals surface area contributed by atoms with Crippen LogP contribution in [0.4, 0.5) is 0 Å². The highest BCUT2D eigenvalue weighted by atomic mass is 16.2. The van der Waals surface area contributed by atoms with Crippen molar-refractivity contribution in [2.45, 2.75) is 56.7 Å². The van der Waals surface area contributed by atoms with Crippen LogP contribution < -0.4 is 5.32 Å². The van der Waals surface area contributed by atoms with Crippen molar-refractivity contribution < 1.29 is 9.59 Å². The average Bonchev–Trinajstić information content (AvgIpc) is 3.22. The van der Waals surface area contributed by atoms with Gasteiger partial charge in [-0.15, -0.1) is 0 Å². The van der Waals surface area contributed by atoms with Crippen molar-refractivity contribution in [1.82, 2.24) is 15.1 Å². The molecule has 4 rings (SSSR count). The molecule has 0 aromatic heterocycles. The SMILES string of the molecule is O=C(C1CCCN1C(=O)Cc1ccccc1)N1CCC2CCC(C1)N2. The van der Waals surface area contributed by atoms with Gasteiger partial charge in [0.25, 0.3) is 0 Å². The van der Waals surface area contributed by atoms with E-state index in [1.54, 1.807) is 0 Å². The summed E-state index contributed by atoms with van der Waals surface area (Å²) in [5.74, 6) is 0.241. The number of fused-ring (bicyclic) bond motifs is 2. The van der Waals surface area contributed by atoms with Crippen LogP contribution in [0.5, 0.6) is 0 Å². The van der Waals surface area contributed by atoms with Crippen LogP contribution in [-0.2, 0) is 16.0 Å². The summed E-state index contributed by atoms with van der Waals surface area (Å²) >= 11 is 0. The molecule has 3 aliphatic heterocycles. The standard InChI is InChI=1S/C20H27N3O2/c24-19(13-15-5-2-1-3-6-15)23-11-4-7-18(23)20(25)22-12-10-16-8-9-17(14-22)21-16/h1-3,5-6,16-18,21H,4,7-14H2. The molecule has 3 heterocycles. The number of nitrogens with one attached hydrogen (secondary N) is 1. The minimum absolute atomic E-state index is 0.0801. The maximum Gasteiger partial charge on any atom is 0.245 e. The first kappa shape index (κ1) is 16.6. The fourth-order valence-electron chi connectivity index (χ4n) is 4.55. The van der Waals surface area contributed by atoms with Gasteiger partial charge in [0.1, 0.15) is 6.04 Å². The van der Waals surface area contributed by atoms with Crippen molar-refractivity contribution in [3.63, 3.8) is 0 Å². The van der Waals surface area contributed by atoms with E-state index in [1.165, 1.54) is 6.42 Å². The van der Waals surface area contributed by atoms with E-state index in [1.807, 2.05) is 40.1 Å². The molecule has 1 aromatic rings. The topological polar surface area (TPSA) is 52.7 Å². The van der Waals surface area contributed by atoms with E-state index in [4.69, 9.17) is 0 Å². The molecule has 3 fully saturated rings. The van der Waals surface area contributed by atoms with Crippen LogP contribution in [0.25, 0.3) is 0 Å². The molecule has 3 saturated heterocycles. The summed E-state index contributed by atoms with van der Waals surface area (Å²) in [4.78, 5) is 29.7. The summed E-state index contributed by atoms with van der Waals surface area (Å²) in [6, 6.07) is 10.6. The van der Waals surface area contributed by atoms with Crippen LogP contribution in [-0.4, -0.2) is 59.4 Å². The van der Waals surface area contributed by atoms with E-state index >= 15 is 0 Å². The van der Waals surface area contributed by atoms with Gasteiger partial charge in [-0.2, -0.15) is 0 Å². The molecule has 0 saturated carbocycles. The lowest BCUT2D eigenvalue weighted by Gasteiger charge is -2.31. The van der Waals surface area contributed by atoms with Crippen LogP contribution in [0.15, 0.2) is 30.3 Å². The van der Waals surface area contributed by atoms with Crippen LogP contribution in [0, 0.1) is 0 Å². The van der Waals surface area contributed by atoms with Crippen molar-refractivity contribution in [3.05, 3.63) is 35.9 Å². The van der Waals surface area contributed by atoms with Gasteiger partial charge in [-0.3, -0.25) is 9.59 Å². The summed E-state index contributed by atoms with van der Waals surface area (Å²) in [6.45, 7) is 2.33. The second kappa shape index (κ2) is 7.16. The Kier molecular flexibility index (Phi) is 4.75. The number of hydrogen-bond donors (Lipinski definition) is 1. The molecule has 5 nitrogen and oxygen atoms in total. The smallest absolute Gasteiger partial charge is 0.245 e. The average molecular weight is 341 g/mol.